The van der Waals surface area contributed by atoms with Crippen LogP contribution in [-0.2, 0) is 0 Å². The molecule has 1 unspecified atom stereocenters. The molecule has 1 aliphatic heterocycles. The Morgan fingerprint density at radius 3 is 2.71 bits per heavy atom. The van der Waals surface area contributed by atoms with Crippen molar-refractivity contribution >= 4 is 16.8 Å². The standard InChI is InChI=1S/C11H15NOS/c1-5-7-9-10(6-2)12-8(3)14-11(9,4)13/h5-7,13H,1H2,2-4H3/b9-7+,10-6+. The molecule has 0 aromatic rings. The lowest BCUT2D eigenvalue weighted by atomic mass is 10.1. The second-order valence-corrected chi connectivity index (χ2v) is 4.80. The van der Waals surface area contributed by atoms with Gasteiger partial charge in [-0.1, -0.05) is 36.6 Å². The molecule has 14 heavy (non-hydrogen) atoms. The van der Waals surface area contributed by atoms with Crippen molar-refractivity contribution in [2.75, 3.05) is 0 Å². The fourth-order valence-electron chi connectivity index (χ4n) is 1.41. The molecule has 0 fully saturated rings. The molecular weight excluding hydrogens is 194 g/mol. The van der Waals surface area contributed by atoms with Crippen LogP contribution in [0, 0.1) is 0 Å². The van der Waals surface area contributed by atoms with Gasteiger partial charge in [0.1, 0.15) is 4.93 Å². The summed E-state index contributed by atoms with van der Waals surface area (Å²) in [6.45, 7) is 9.22. The van der Waals surface area contributed by atoms with Crippen LogP contribution in [0.1, 0.15) is 20.8 Å². The predicted octanol–water partition coefficient (Wildman–Crippen LogP) is 2.88. The molecule has 3 heteroatoms. The first-order valence-corrected chi connectivity index (χ1v) is 5.29. The van der Waals surface area contributed by atoms with Crippen molar-refractivity contribution in [2.45, 2.75) is 25.7 Å². The van der Waals surface area contributed by atoms with E-state index in [-0.39, 0.29) is 0 Å². The highest BCUT2D eigenvalue weighted by Gasteiger charge is 2.33. The maximum Gasteiger partial charge on any atom is 0.140 e. The van der Waals surface area contributed by atoms with Crippen LogP contribution in [0.3, 0.4) is 0 Å². The number of allylic oxidation sites excluding steroid dienone is 3. The summed E-state index contributed by atoms with van der Waals surface area (Å²) in [5.74, 6) is 0. The lowest BCUT2D eigenvalue weighted by Crippen LogP contribution is -2.28. The van der Waals surface area contributed by atoms with E-state index < -0.39 is 4.93 Å². The Morgan fingerprint density at radius 1 is 1.57 bits per heavy atom. The third-order valence-electron chi connectivity index (χ3n) is 1.96. The zero-order valence-corrected chi connectivity index (χ0v) is 9.56. The fraction of sp³-hybridized carbons (Fsp3) is 0.364. The van der Waals surface area contributed by atoms with E-state index in [0.717, 1.165) is 16.3 Å². The first kappa shape index (κ1) is 11.3. The van der Waals surface area contributed by atoms with E-state index in [1.807, 2.05) is 19.9 Å². The van der Waals surface area contributed by atoms with Crippen LogP contribution in [0.2, 0.25) is 0 Å². The smallest absolute Gasteiger partial charge is 0.140 e. The van der Waals surface area contributed by atoms with Crippen LogP contribution in [0.5, 0.6) is 0 Å². The average Bonchev–Trinajstić information content (AvgIpc) is 2.08. The Balaban J connectivity index is 3.24. The van der Waals surface area contributed by atoms with Gasteiger partial charge in [-0.05, 0) is 20.8 Å². The topological polar surface area (TPSA) is 32.6 Å². The molecule has 1 atom stereocenters. The summed E-state index contributed by atoms with van der Waals surface area (Å²) < 4.78 is 0. The van der Waals surface area contributed by atoms with Crippen LogP contribution in [-0.4, -0.2) is 15.1 Å². The van der Waals surface area contributed by atoms with Gasteiger partial charge >= 0.3 is 0 Å². The maximum absolute atomic E-state index is 10.2. The van der Waals surface area contributed by atoms with Crippen molar-refractivity contribution in [2.24, 2.45) is 4.99 Å². The van der Waals surface area contributed by atoms with Gasteiger partial charge in [0.25, 0.3) is 0 Å². The van der Waals surface area contributed by atoms with E-state index in [2.05, 4.69) is 11.6 Å². The molecule has 0 amide bonds. The molecule has 1 heterocycles. The summed E-state index contributed by atoms with van der Waals surface area (Å²) >= 11 is 1.36. The van der Waals surface area contributed by atoms with Crippen LogP contribution in [0.15, 0.2) is 41.1 Å². The fourth-order valence-corrected chi connectivity index (χ4v) is 2.41. The van der Waals surface area contributed by atoms with Gasteiger partial charge in [0.15, 0.2) is 0 Å². The molecule has 0 saturated heterocycles. The second kappa shape index (κ2) is 4.15. The maximum atomic E-state index is 10.2. The van der Waals surface area contributed by atoms with Gasteiger partial charge in [-0.2, -0.15) is 0 Å². The summed E-state index contributed by atoms with van der Waals surface area (Å²) in [4.78, 5) is 3.46. The lowest BCUT2D eigenvalue weighted by molar-refractivity contribution is 0.198. The number of aliphatic imine (C=N–C) groups is 1. The first-order chi connectivity index (χ1) is 6.51. The minimum absolute atomic E-state index is 0.811. The SMILES string of the molecule is C=C/C=C1\C(=C/C)N=C(C)SC1(C)O. The van der Waals surface area contributed by atoms with Crippen LogP contribution < -0.4 is 0 Å². The van der Waals surface area contributed by atoms with Crippen molar-refractivity contribution < 1.29 is 5.11 Å². The molecule has 1 aliphatic rings. The number of aliphatic hydroxyl groups is 1. The molecule has 0 aromatic heterocycles. The largest absolute Gasteiger partial charge is 0.375 e. The molecule has 0 radical (unpaired) electrons. The Hall–Kier alpha value is -0.800. The molecular formula is C11H15NOS. The molecule has 0 aliphatic carbocycles. The van der Waals surface area contributed by atoms with Crippen LogP contribution in [0.4, 0.5) is 0 Å². The molecule has 0 bridgehead atoms. The van der Waals surface area contributed by atoms with Crippen molar-refractivity contribution in [3.63, 3.8) is 0 Å². The second-order valence-electron chi connectivity index (χ2n) is 3.21. The third-order valence-corrected chi connectivity index (χ3v) is 2.96. The average molecular weight is 209 g/mol. The van der Waals surface area contributed by atoms with E-state index in [4.69, 9.17) is 0 Å². The van der Waals surface area contributed by atoms with Crippen molar-refractivity contribution in [3.05, 3.63) is 36.1 Å². The van der Waals surface area contributed by atoms with Gasteiger partial charge in [0.2, 0.25) is 0 Å². The molecule has 1 rings (SSSR count). The van der Waals surface area contributed by atoms with Gasteiger partial charge in [-0.3, -0.25) is 0 Å². The van der Waals surface area contributed by atoms with Crippen LogP contribution in [0.25, 0.3) is 0 Å². The summed E-state index contributed by atoms with van der Waals surface area (Å²) in [6.07, 6.45) is 5.37. The minimum Gasteiger partial charge on any atom is -0.375 e. The van der Waals surface area contributed by atoms with E-state index in [1.165, 1.54) is 11.8 Å². The van der Waals surface area contributed by atoms with Gasteiger partial charge in [-0.15, -0.1) is 0 Å². The zero-order valence-electron chi connectivity index (χ0n) is 8.74. The Kier molecular flexibility index (Phi) is 3.34. The van der Waals surface area contributed by atoms with Gasteiger partial charge < -0.3 is 5.11 Å². The Morgan fingerprint density at radius 2 is 2.21 bits per heavy atom. The Bertz CT molecular complexity index is 337. The summed E-state index contributed by atoms with van der Waals surface area (Å²) in [6, 6.07) is 0. The number of hydrogen-bond acceptors (Lipinski definition) is 3. The van der Waals surface area contributed by atoms with E-state index in [1.54, 1.807) is 19.1 Å². The van der Waals surface area contributed by atoms with Crippen molar-refractivity contribution in [1.82, 2.24) is 0 Å². The number of rotatable bonds is 1. The lowest BCUT2D eigenvalue weighted by Gasteiger charge is -2.30. The summed E-state index contributed by atoms with van der Waals surface area (Å²) in [5.41, 5.74) is 1.64. The molecule has 1 N–H and O–H groups in total. The third kappa shape index (κ3) is 2.16. The number of hydrogen-bond donors (Lipinski definition) is 1. The highest BCUT2D eigenvalue weighted by Crippen LogP contribution is 2.40. The Labute approximate surface area is 89.1 Å². The molecule has 0 spiro atoms. The van der Waals surface area contributed by atoms with Gasteiger partial charge in [0, 0.05) is 5.57 Å². The zero-order chi connectivity index (χ0) is 10.8. The number of nitrogens with zero attached hydrogens (tertiary/aromatic N) is 1. The van der Waals surface area contributed by atoms with Crippen LogP contribution >= 0.6 is 11.8 Å². The molecule has 2 nitrogen and oxygen atoms in total. The van der Waals surface area contributed by atoms with Crippen molar-refractivity contribution in [1.29, 1.82) is 0 Å². The predicted molar refractivity (Wildman–Crippen MR) is 63.4 cm³/mol. The summed E-state index contributed by atoms with van der Waals surface area (Å²) in [7, 11) is 0. The van der Waals surface area contributed by atoms with E-state index in [9.17, 15) is 5.11 Å². The van der Waals surface area contributed by atoms with Crippen molar-refractivity contribution in [3.8, 4) is 0 Å². The highest BCUT2D eigenvalue weighted by atomic mass is 32.2. The van der Waals surface area contributed by atoms with E-state index in [0.29, 0.717) is 0 Å². The normalized spacial score (nSPS) is 33.3. The van der Waals surface area contributed by atoms with Gasteiger partial charge in [0.05, 0.1) is 10.7 Å². The molecule has 0 saturated carbocycles. The van der Waals surface area contributed by atoms with Gasteiger partial charge in [-0.25, -0.2) is 4.99 Å². The first-order valence-electron chi connectivity index (χ1n) is 4.48. The molecule has 76 valence electrons. The monoisotopic (exact) mass is 209 g/mol. The summed E-state index contributed by atoms with van der Waals surface area (Å²) in [5, 5.41) is 11.0. The number of thioether (sulfide) groups is 1. The highest BCUT2D eigenvalue weighted by molar-refractivity contribution is 8.15. The quantitative estimate of drug-likeness (QED) is 0.720. The molecule has 0 aromatic carbocycles. The minimum atomic E-state index is -0.901. The van der Waals surface area contributed by atoms with E-state index >= 15 is 0 Å².